The zero-order chi connectivity index (χ0) is 17.8. The minimum atomic E-state index is -0.330. The van der Waals surface area contributed by atoms with E-state index in [0.29, 0.717) is 26.1 Å². The Morgan fingerprint density at radius 2 is 2.16 bits per heavy atom. The van der Waals surface area contributed by atoms with Crippen LogP contribution in [0.5, 0.6) is 0 Å². The van der Waals surface area contributed by atoms with Crippen LogP contribution in [0.3, 0.4) is 0 Å². The van der Waals surface area contributed by atoms with E-state index in [0.717, 1.165) is 18.5 Å². The quantitative estimate of drug-likeness (QED) is 0.772. The second-order valence-corrected chi connectivity index (χ2v) is 7.24. The van der Waals surface area contributed by atoms with Gasteiger partial charge in [-0.25, -0.2) is 0 Å². The Kier molecular flexibility index (Phi) is 5.89. The van der Waals surface area contributed by atoms with Crippen molar-refractivity contribution in [3.63, 3.8) is 0 Å². The summed E-state index contributed by atoms with van der Waals surface area (Å²) in [5.74, 6) is -0.113. The highest BCUT2D eigenvalue weighted by Crippen LogP contribution is 2.26. The lowest BCUT2D eigenvalue weighted by atomic mass is 9.96. The first-order valence-electron chi connectivity index (χ1n) is 9.05. The van der Waals surface area contributed by atoms with E-state index in [1.165, 1.54) is 5.56 Å². The number of hydrogen-bond donors (Lipinski definition) is 2. The summed E-state index contributed by atoms with van der Waals surface area (Å²) in [6.07, 6.45) is 0.931. The minimum Gasteiger partial charge on any atom is -0.392 e. The van der Waals surface area contributed by atoms with Crippen molar-refractivity contribution < 1.29 is 14.6 Å². The molecule has 4 atom stereocenters. The highest BCUT2D eigenvalue weighted by Gasteiger charge is 2.36. The van der Waals surface area contributed by atoms with Gasteiger partial charge in [-0.1, -0.05) is 42.5 Å². The molecule has 25 heavy (non-hydrogen) atoms. The van der Waals surface area contributed by atoms with E-state index in [2.05, 4.69) is 28.9 Å². The van der Waals surface area contributed by atoms with Gasteiger partial charge in [0.25, 0.3) is 0 Å². The van der Waals surface area contributed by atoms with Crippen LogP contribution in [-0.4, -0.2) is 53.9 Å². The van der Waals surface area contributed by atoms with Gasteiger partial charge in [0.15, 0.2) is 0 Å². The molecule has 2 aliphatic rings. The Morgan fingerprint density at radius 3 is 2.88 bits per heavy atom. The number of β-amino-alcohol motifs (C(OH)–C–C–N with tert-alkyl or cyclic N) is 1. The van der Waals surface area contributed by atoms with Gasteiger partial charge in [-0.05, 0) is 25.3 Å². The molecule has 3 rings (SSSR count). The number of nitrogens with one attached hydrogen (secondary N) is 1. The maximum absolute atomic E-state index is 12.6. The largest absolute Gasteiger partial charge is 0.392 e. The third-order valence-corrected chi connectivity index (χ3v) is 5.16. The van der Waals surface area contributed by atoms with Gasteiger partial charge in [0.1, 0.15) is 0 Å². The summed E-state index contributed by atoms with van der Waals surface area (Å²) >= 11 is 0. The number of ether oxygens (including phenoxy) is 1. The topological polar surface area (TPSA) is 61.8 Å². The fraction of sp³-hybridized carbons (Fsp3) is 0.550. The lowest BCUT2D eigenvalue weighted by Crippen LogP contribution is -2.43. The zero-order valence-corrected chi connectivity index (χ0v) is 14.9. The molecule has 0 aliphatic carbocycles. The molecular weight excluding hydrogens is 316 g/mol. The standard InChI is InChI=1S/C20H28N2O3/c1-14(2)19-18(8-9-25-19)20(24)21-11-16-10-17(23)13-22(16)12-15-6-4-3-5-7-15/h3-7,16-19,23H,1,8-13H2,2H3,(H,21,24)/t16-,17-,18-,19-/m1/s1. The first-order chi connectivity index (χ1) is 12.0. The highest BCUT2D eigenvalue weighted by molar-refractivity contribution is 5.80. The summed E-state index contributed by atoms with van der Waals surface area (Å²) < 4.78 is 5.63. The van der Waals surface area contributed by atoms with E-state index < -0.39 is 0 Å². The van der Waals surface area contributed by atoms with Crippen LogP contribution >= 0.6 is 0 Å². The molecule has 2 heterocycles. The third-order valence-electron chi connectivity index (χ3n) is 5.16. The SMILES string of the molecule is C=C(C)[C@H]1OCC[C@H]1C(=O)NC[C@H]1C[C@@H](O)CN1Cc1ccccc1. The van der Waals surface area contributed by atoms with Crippen molar-refractivity contribution in [1.82, 2.24) is 10.2 Å². The van der Waals surface area contributed by atoms with Crippen molar-refractivity contribution in [3.05, 3.63) is 48.0 Å². The number of benzene rings is 1. The average molecular weight is 344 g/mol. The van der Waals surface area contributed by atoms with Crippen molar-refractivity contribution in [2.45, 2.75) is 44.6 Å². The molecule has 2 saturated heterocycles. The number of aliphatic hydroxyl groups excluding tert-OH is 1. The van der Waals surface area contributed by atoms with Gasteiger partial charge in [-0.2, -0.15) is 0 Å². The number of carbonyl (C=O) groups is 1. The number of hydrogen-bond acceptors (Lipinski definition) is 4. The molecule has 136 valence electrons. The lowest BCUT2D eigenvalue weighted by Gasteiger charge is -2.25. The lowest BCUT2D eigenvalue weighted by molar-refractivity contribution is -0.126. The van der Waals surface area contributed by atoms with Crippen molar-refractivity contribution in [2.75, 3.05) is 19.7 Å². The van der Waals surface area contributed by atoms with Crippen LogP contribution in [0.1, 0.15) is 25.3 Å². The van der Waals surface area contributed by atoms with E-state index in [4.69, 9.17) is 4.74 Å². The highest BCUT2D eigenvalue weighted by atomic mass is 16.5. The van der Waals surface area contributed by atoms with Gasteiger partial charge in [-0.3, -0.25) is 9.69 Å². The Bertz CT molecular complexity index is 604. The van der Waals surface area contributed by atoms with Gasteiger partial charge < -0.3 is 15.2 Å². The fourth-order valence-electron chi connectivity index (χ4n) is 3.87. The fourth-order valence-corrected chi connectivity index (χ4v) is 3.87. The average Bonchev–Trinajstić information content (AvgIpc) is 3.20. The van der Waals surface area contributed by atoms with E-state index in [9.17, 15) is 9.90 Å². The van der Waals surface area contributed by atoms with Crippen molar-refractivity contribution in [3.8, 4) is 0 Å². The molecule has 1 aromatic rings. The maximum Gasteiger partial charge on any atom is 0.226 e. The van der Waals surface area contributed by atoms with E-state index in [-0.39, 0.29) is 30.1 Å². The van der Waals surface area contributed by atoms with Gasteiger partial charge in [-0.15, -0.1) is 0 Å². The summed E-state index contributed by atoms with van der Waals surface area (Å²) in [6, 6.07) is 10.4. The first-order valence-corrected chi connectivity index (χ1v) is 9.05. The van der Waals surface area contributed by atoms with Crippen LogP contribution in [0, 0.1) is 5.92 Å². The molecule has 1 amide bonds. The number of rotatable bonds is 6. The molecule has 2 N–H and O–H groups in total. The number of carbonyl (C=O) groups excluding carboxylic acids is 1. The zero-order valence-electron chi connectivity index (χ0n) is 14.9. The van der Waals surface area contributed by atoms with Crippen molar-refractivity contribution in [1.29, 1.82) is 0 Å². The molecule has 0 unspecified atom stereocenters. The molecule has 2 fully saturated rings. The predicted octanol–water partition coefficient (Wildman–Crippen LogP) is 1.72. The third kappa shape index (κ3) is 4.48. The Morgan fingerprint density at radius 1 is 1.40 bits per heavy atom. The van der Waals surface area contributed by atoms with Crippen LogP contribution in [0.25, 0.3) is 0 Å². The van der Waals surface area contributed by atoms with Gasteiger partial charge >= 0.3 is 0 Å². The Labute approximate surface area is 149 Å². The second-order valence-electron chi connectivity index (χ2n) is 7.24. The number of amides is 1. The molecule has 5 nitrogen and oxygen atoms in total. The molecule has 5 heteroatoms. The molecule has 0 saturated carbocycles. The summed E-state index contributed by atoms with van der Waals surface area (Å²) in [4.78, 5) is 14.8. The number of likely N-dealkylation sites (tertiary alicyclic amines) is 1. The molecule has 0 bridgehead atoms. The van der Waals surface area contributed by atoms with Gasteiger partial charge in [0.2, 0.25) is 5.91 Å². The van der Waals surface area contributed by atoms with Crippen LogP contribution in [-0.2, 0) is 16.1 Å². The van der Waals surface area contributed by atoms with Crippen LogP contribution in [0.2, 0.25) is 0 Å². The normalized spacial score (nSPS) is 29.7. The Balaban J connectivity index is 1.55. The minimum absolute atomic E-state index is 0.0338. The molecular formula is C20H28N2O3. The summed E-state index contributed by atoms with van der Waals surface area (Å²) in [5.41, 5.74) is 2.12. The summed E-state index contributed by atoms with van der Waals surface area (Å²) in [6.45, 7) is 8.44. The smallest absolute Gasteiger partial charge is 0.226 e. The Hall–Kier alpha value is -1.69. The molecule has 0 radical (unpaired) electrons. The van der Waals surface area contributed by atoms with Crippen LogP contribution in [0.4, 0.5) is 0 Å². The molecule has 0 aromatic heterocycles. The number of nitrogens with zero attached hydrogens (tertiary/aromatic N) is 1. The predicted molar refractivity (Wildman–Crippen MR) is 96.9 cm³/mol. The molecule has 2 aliphatic heterocycles. The van der Waals surface area contributed by atoms with Crippen LogP contribution < -0.4 is 5.32 Å². The summed E-state index contributed by atoms with van der Waals surface area (Å²) in [5, 5.41) is 13.1. The molecule has 0 spiro atoms. The maximum atomic E-state index is 12.6. The summed E-state index contributed by atoms with van der Waals surface area (Å²) in [7, 11) is 0. The monoisotopic (exact) mass is 344 g/mol. The van der Waals surface area contributed by atoms with Crippen molar-refractivity contribution >= 4 is 5.91 Å². The number of aliphatic hydroxyl groups is 1. The first kappa shape index (κ1) is 18.1. The van der Waals surface area contributed by atoms with Gasteiger partial charge in [0, 0.05) is 32.3 Å². The van der Waals surface area contributed by atoms with Crippen LogP contribution in [0.15, 0.2) is 42.5 Å². The van der Waals surface area contributed by atoms with E-state index in [1.54, 1.807) is 0 Å². The van der Waals surface area contributed by atoms with E-state index >= 15 is 0 Å². The van der Waals surface area contributed by atoms with Gasteiger partial charge in [0.05, 0.1) is 18.1 Å². The molecule has 1 aromatic carbocycles. The van der Waals surface area contributed by atoms with Crippen molar-refractivity contribution in [2.24, 2.45) is 5.92 Å². The second kappa shape index (κ2) is 8.13. The van der Waals surface area contributed by atoms with E-state index in [1.807, 2.05) is 25.1 Å².